The molecule has 4 aliphatic carbocycles. The molecule has 20 heteroatoms. The second kappa shape index (κ2) is 43.9. The van der Waals surface area contributed by atoms with Crippen LogP contribution in [-0.2, 0) is 44.9 Å². The zero-order chi connectivity index (χ0) is 83.9. The topological polar surface area (TPSA) is 348 Å². The summed E-state index contributed by atoms with van der Waals surface area (Å²) >= 11 is 0. The number of benzene rings is 4. The quantitative estimate of drug-likeness (QED) is 0.0160. The molecule has 24 atom stereocenters. The summed E-state index contributed by atoms with van der Waals surface area (Å²) in [5, 5.41) is 119. The highest BCUT2D eigenvalue weighted by Gasteiger charge is 2.53. The Bertz CT molecular complexity index is 3820. The molecule has 12 N–H and O–H groups in total. The minimum Gasteiger partial charge on any atom is -0.489 e. The molecule has 8 aliphatic rings. The first-order valence-electron chi connectivity index (χ1n) is 41.5. The maximum absolute atomic E-state index is 10.8. The van der Waals surface area contributed by atoms with E-state index in [0.29, 0.717) is 103 Å². The number of hydrogen-bond donors (Lipinski definition) is 12. The second-order valence-corrected chi connectivity index (χ2v) is 32.5. The van der Waals surface area contributed by atoms with Gasteiger partial charge in [0.25, 0.3) is 0 Å². The van der Waals surface area contributed by atoms with Gasteiger partial charge in [0.2, 0.25) is 0 Å². The van der Waals surface area contributed by atoms with E-state index in [2.05, 4.69) is 47.4 Å². The van der Waals surface area contributed by atoms with Gasteiger partial charge in [0.15, 0.2) is 0 Å². The lowest BCUT2D eigenvalue weighted by atomic mass is 9.86. The van der Waals surface area contributed by atoms with Gasteiger partial charge in [-0.25, -0.2) is 0 Å². The predicted molar refractivity (Wildman–Crippen MR) is 443 cm³/mol. The normalized spacial score (nSPS) is 26.9. The molecule has 4 aromatic carbocycles. The first-order valence-corrected chi connectivity index (χ1v) is 41.5. The average Bonchev–Trinajstić information content (AvgIpc) is 1.62. The molecule has 116 heavy (non-hydrogen) atoms. The number of aliphatic hydroxyl groups excluding tert-OH is 8. The number of rotatable bonds is 32. The molecule has 0 unspecified atom stereocenters. The maximum Gasteiger partial charge on any atom is 0.303 e. The Balaban J connectivity index is 0.000000177. The van der Waals surface area contributed by atoms with Crippen molar-refractivity contribution >= 4 is 23.9 Å². The standard InChI is InChI=1S/4C24H30O5/c4*1-3-4-7-15(2)19(25)13-12-17-20(26)14-21-23(17)18-10-5-8-16(24(18)29-21)9-6-11-22(27)28/h4*5,8,10,12-13,15,17,19-21,23,25-26H,6-7,9,11,14H2,1-2H3,(H,27,28)/b4*13-12+/t2*15-,17+,19+,20-,21+,23+;2*15-,17-,19-,20+,21-,23-/m1010/s1. The molecule has 0 saturated heterocycles. The van der Waals surface area contributed by atoms with E-state index in [0.717, 1.165) is 67.5 Å². The smallest absolute Gasteiger partial charge is 0.303 e. The summed E-state index contributed by atoms with van der Waals surface area (Å²) in [5.41, 5.74) is 8.43. The van der Waals surface area contributed by atoms with E-state index >= 15 is 0 Å². The van der Waals surface area contributed by atoms with Crippen molar-refractivity contribution in [3.63, 3.8) is 0 Å². The van der Waals surface area contributed by atoms with Gasteiger partial charge in [-0.1, -0.05) is 149 Å². The van der Waals surface area contributed by atoms with E-state index in [9.17, 15) is 60.0 Å². The van der Waals surface area contributed by atoms with E-state index in [1.165, 1.54) is 0 Å². The van der Waals surface area contributed by atoms with Crippen LogP contribution < -0.4 is 18.9 Å². The van der Waals surface area contributed by atoms with Crippen LogP contribution in [0.2, 0.25) is 0 Å². The van der Waals surface area contributed by atoms with Crippen molar-refractivity contribution in [3.05, 3.63) is 166 Å². The SMILES string of the molecule is CC#CC[C@@H](C)[C@@H](O)/C=C/[C@@H]1[C@H]2c3cccc(CCCC(=O)O)c3O[C@H]2C[C@H]1O.CC#CC[C@@H](C)[C@H](O)/C=C/[C@H]1[C@@H]2c3cccc(CCCC(=O)O)c3O[C@@H]2C[C@@H]1O.CC#CC[C@H](C)[C@@H](O)/C=C/[C@@H]1[C@H]2c3cccc(CCCC(=O)O)c3O[C@H]2C[C@H]1O.CC#CC[C@H](C)[C@H](O)/C=C/[C@H]1[C@@H]2c3cccc(CCCC(=O)O)c3O[C@@H]2C[C@@H]1O. The van der Waals surface area contributed by atoms with Crippen LogP contribution in [0.5, 0.6) is 23.0 Å². The molecule has 4 aliphatic heterocycles. The van der Waals surface area contributed by atoms with Gasteiger partial charge in [0.1, 0.15) is 47.4 Å². The molecular weight excluding hydrogens is 1470 g/mol. The van der Waals surface area contributed by atoms with E-state index < -0.39 is 72.7 Å². The summed E-state index contributed by atoms with van der Waals surface area (Å²) in [5.74, 6) is 23.5. The third kappa shape index (κ3) is 23.6. The average molecular weight is 1590 g/mol. The fourth-order valence-electron chi connectivity index (χ4n) is 17.6. The Morgan fingerprint density at radius 1 is 0.353 bits per heavy atom. The second-order valence-electron chi connectivity index (χ2n) is 32.5. The van der Waals surface area contributed by atoms with Gasteiger partial charge in [-0.05, 0) is 125 Å². The number of hydrogen-bond acceptors (Lipinski definition) is 16. The number of carboxylic acid groups (broad SMARTS) is 4. The largest absolute Gasteiger partial charge is 0.489 e. The lowest BCUT2D eigenvalue weighted by molar-refractivity contribution is -0.138. The van der Waals surface area contributed by atoms with Crippen LogP contribution in [-0.4, -0.2) is 158 Å². The van der Waals surface area contributed by atoms with Gasteiger partial charge in [0, 0.05) is 147 Å². The maximum atomic E-state index is 10.8. The Labute approximate surface area is 684 Å². The Kier molecular flexibility index (Phi) is 34.3. The summed E-state index contributed by atoms with van der Waals surface area (Å²) in [4.78, 5) is 43.2. The van der Waals surface area contributed by atoms with Crippen molar-refractivity contribution in [2.45, 2.75) is 281 Å². The van der Waals surface area contributed by atoms with Gasteiger partial charge in [0.05, 0.1) is 48.8 Å². The highest BCUT2D eigenvalue weighted by molar-refractivity contribution is 5.68. The minimum absolute atomic E-state index is 0.0287. The van der Waals surface area contributed by atoms with E-state index in [4.69, 9.17) is 39.4 Å². The number of ether oxygens (including phenoxy) is 4. The van der Waals surface area contributed by atoms with E-state index in [1.807, 2.05) is 125 Å². The summed E-state index contributed by atoms with van der Waals surface area (Å²) in [6, 6.07) is 24.0. The molecule has 624 valence electrons. The molecule has 0 spiro atoms. The molecule has 0 aromatic heterocycles. The summed E-state index contributed by atoms with van der Waals surface area (Å²) in [6.07, 6.45) is 20.3. The fraction of sp³-hybridized carbons (Fsp3) is 0.542. The lowest BCUT2D eigenvalue weighted by Crippen LogP contribution is -2.19. The summed E-state index contributed by atoms with van der Waals surface area (Å²) in [7, 11) is 0. The fourth-order valence-corrected chi connectivity index (χ4v) is 17.6. The van der Waals surface area contributed by atoms with Crippen molar-refractivity contribution in [2.75, 3.05) is 0 Å². The van der Waals surface area contributed by atoms with Crippen LogP contribution >= 0.6 is 0 Å². The number of fused-ring (bicyclic) bond motifs is 12. The van der Waals surface area contributed by atoms with Crippen LogP contribution in [0, 0.1) is 94.7 Å². The molecule has 20 nitrogen and oxygen atoms in total. The molecule has 0 amide bonds. The third-order valence-corrected chi connectivity index (χ3v) is 24.2. The monoisotopic (exact) mass is 1590 g/mol. The van der Waals surface area contributed by atoms with Crippen molar-refractivity contribution in [3.8, 4) is 70.4 Å². The first-order chi connectivity index (χ1) is 55.7. The highest BCUT2D eigenvalue weighted by Crippen LogP contribution is 2.56. The molecule has 4 saturated carbocycles. The molecule has 12 rings (SSSR count). The minimum atomic E-state index is -0.790. The van der Waals surface area contributed by atoms with Gasteiger partial charge in [-0.15, -0.1) is 47.4 Å². The first kappa shape index (κ1) is 90.8. The molecular formula is C96H120O20. The van der Waals surface area contributed by atoms with Crippen LogP contribution in [0.15, 0.2) is 121 Å². The van der Waals surface area contributed by atoms with E-state index in [1.54, 1.807) is 52.0 Å². The van der Waals surface area contributed by atoms with Gasteiger partial charge >= 0.3 is 23.9 Å². The highest BCUT2D eigenvalue weighted by atomic mass is 16.5. The van der Waals surface area contributed by atoms with E-state index in [-0.39, 0.29) is 121 Å². The third-order valence-electron chi connectivity index (χ3n) is 24.2. The van der Waals surface area contributed by atoms with Crippen molar-refractivity contribution in [1.82, 2.24) is 0 Å². The number of aliphatic hydroxyl groups is 8. The lowest BCUT2D eigenvalue weighted by Gasteiger charge is -2.19. The van der Waals surface area contributed by atoms with Gasteiger partial charge < -0.3 is 80.2 Å². The predicted octanol–water partition coefficient (Wildman–Crippen LogP) is 13.1. The summed E-state index contributed by atoms with van der Waals surface area (Å²) in [6.45, 7) is 15.0. The number of aryl methyl sites for hydroxylation is 4. The zero-order valence-corrected chi connectivity index (χ0v) is 68.2. The zero-order valence-electron chi connectivity index (χ0n) is 68.2. The molecule has 0 radical (unpaired) electrons. The molecule has 0 bridgehead atoms. The van der Waals surface area contributed by atoms with Crippen molar-refractivity contribution in [1.29, 1.82) is 0 Å². The number of aliphatic carboxylic acids is 4. The Hall–Kier alpha value is -9.16. The van der Waals surface area contributed by atoms with Crippen LogP contribution in [0.4, 0.5) is 0 Å². The van der Waals surface area contributed by atoms with Gasteiger partial charge in [-0.3, -0.25) is 19.2 Å². The van der Waals surface area contributed by atoms with Crippen LogP contribution in [0.1, 0.15) is 226 Å². The molecule has 4 fully saturated rings. The molecule has 4 aromatic rings. The number of carbonyl (C=O) groups is 4. The van der Waals surface area contributed by atoms with Crippen molar-refractivity contribution in [2.24, 2.45) is 47.3 Å². The van der Waals surface area contributed by atoms with Crippen LogP contribution in [0.25, 0.3) is 0 Å². The Morgan fingerprint density at radius 3 is 0.733 bits per heavy atom. The van der Waals surface area contributed by atoms with Crippen LogP contribution in [0.3, 0.4) is 0 Å². The number of para-hydroxylation sites is 4. The summed E-state index contributed by atoms with van der Waals surface area (Å²) < 4.78 is 24.8. The molecule has 4 heterocycles. The Morgan fingerprint density at radius 2 is 0.552 bits per heavy atom. The van der Waals surface area contributed by atoms with Crippen molar-refractivity contribution < 1.29 is 99.4 Å². The number of carboxylic acids is 4. The van der Waals surface area contributed by atoms with Gasteiger partial charge in [-0.2, -0.15) is 0 Å².